The maximum absolute atomic E-state index is 14.3. The molecule has 0 aliphatic carbocycles. The minimum atomic E-state index is -0.763. The van der Waals surface area contributed by atoms with Crippen LogP contribution in [-0.2, 0) is 0 Å². The van der Waals surface area contributed by atoms with E-state index in [1.165, 1.54) is 0 Å². The van der Waals surface area contributed by atoms with Gasteiger partial charge in [-0.05, 0) is 49.6 Å². The normalized spacial score (nSPS) is 12.5. The Morgan fingerprint density at radius 2 is 1.62 bits per heavy atom. The van der Waals surface area contributed by atoms with Crippen LogP contribution in [0.25, 0.3) is 0 Å². The van der Waals surface area contributed by atoms with Crippen molar-refractivity contribution in [3.05, 3.63) is 69.8 Å². The minimum absolute atomic E-state index is 0.326. The van der Waals surface area contributed by atoms with Crippen LogP contribution in [0.3, 0.4) is 0 Å². The molecule has 0 saturated carbocycles. The summed E-state index contributed by atoms with van der Waals surface area (Å²) in [6, 6.07) is 8.89. The van der Waals surface area contributed by atoms with Crippen LogP contribution in [0, 0.1) is 32.4 Å². The number of nitrogens with one attached hydrogen (secondary N) is 1. The van der Waals surface area contributed by atoms with E-state index in [0.717, 1.165) is 16.7 Å². The molecule has 3 heteroatoms. The highest BCUT2D eigenvalue weighted by molar-refractivity contribution is 5.42. The van der Waals surface area contributed by atoms with Gasteiger partial charge in [-0.1, -0.05) is 37.3 Å². The largest absolute Gasteiger partial charge is 0.306 e. The fraction of sp³-hybridized carbons (Fsp3) is 0.333. The number of aryl methyl sites for hydroxylation is 2. The monoisotopic (exact) mass is 289 g/mol. The standard InChI is InChI=1S/C18H21F2N/c1-5-21-18(14-8-6-7-11(2)13(14)4)15-10-9-12(3)16(19)17(15)20/h6-10,18,21H,5H2,1-4H3. The summed E-state index contributed by atoms with van der Waals surface area (Å²) in [6.07, 6.45) is 0. The molecule has 112 valence electrons. The third-order valence-corrected chi connectivity index (χ3v) is 3.98. The maximum Gasteiger partial charge on any atom is 0.164 e. The predicted molar refractivity (Wildman–Crippen MR) is 82.5 cm³/mol. The molecule has 0 fully saturated rings. The van der Waals surface area contributed by atoms with E-state index in [4.69, 9.17) is 0 Å². The van der Waals surface area contributed by atoms with Crippen LogP contribution < -0.4 is 5.32 Å². The molecule has 1 N–H and O–H groups in total. The zero-order valence-corrected chi connectivity index (χ0v) is 12.9. The van der Waals surface area contributed by atoms with E-state index in [0.29, 0.717) is 17.7 Å². The summed E-state index contributed by atoms with van der Waals surface area (Å²) in [5, 5.41) is 3.26. The Labute approximate surface area is 125 Å². The highest BCUT2D eigenvalue weighted by atomic mass is 19.2. The molecule has 0 amide bonds. The third-order valence-electron chi connectivity index (χ3n) is 3.98. The second-order valence-electron chi connectivity index (χ2n) is 5.38. The lowest BCUT2D eigenvalue weighted by Crippen LogP contribution is -2.24. The van der Waals surface area contributed by atoms with Crippen LogP contribution >= 0.6 is 0 Å². The van der Waals surface area contributed by atoms with Gasteiger partial charge < -0.3 is 5.32 Å². The van der Waals surface area contributed by atoms with E-state index in [9.17, 15) is 8.78 Å². The minimum Gasteiger partial charge on any atom is -0.306 e. The number of halogens is 2. The van der Waals surface area contributed by atoms with Gasteiger partial charge in [0.2, 0.25) is 0 Å². The van der Waals surface area contributed by atoms with Crippen molar-refractivity contribution in [2.45, 2.75) is 33.7 Å². The van der Waals surface area contributed by atoms with Crippen molar-refractivity contribution in [3.63, 3.8) is 0 Å². The first-order valence-corrected chi connectivity index (χ1v) is 7.21. The van der Waals surface area contributed by atoms with E-state index in [1.54, 1.807) is 19.1 Å². The zero-order valence-electron chi connectivity index (χ0n) is 12.9. The molecular formula is C18H21F2N. The van der Waals surface area contributed by atoms with Crippen LogP contribution in [0.5, 0.6) is 0 Å². The van der Waals surface area contributed by atoms with E-state index in [2.05, 4.69) is 5.32 Å². The van der Waals surface area contributed by atoms with Crippen molar-refractivity contribution in [2.75, 3.05) is 6.54 Å². The van der Waals surface area contributed by atoms with Crippen molar-refractivity contribution in [3.8, 4) is 0 Å². The fourth-order valence-electron chi connectivity index (χ4n) is 2.56. The van der Waals surface area contributed by atoms with Gasteiger partial charge in [-0.15, -0.1) is 0 Å². The number of hydrogen-bond donors (Lipinski definition) is 1. The second-order valence-corrected chi connectivity index (χ2v) is 5.38. The van der Waals surface area contributed by atoms with Crippen LogP contribution in [0.1, 0.15) is 40.8 Å². The summed E-state index contributed by atoms with van der Waals surface area (Å²) in [6.45, 7) is 8.24. The van der Waals surface area contributed by atoms with Crippen molar-refractivity contribution in [2.24, 2.45) is 0 Å². The lowest BCUT2D eigenvalue weighted by atomic mass is 9.91. The Hall–Kier alpha value is -1.74. The Kier molecular flexibility index (Phi) is 4.73. The molecule has 2 aromatic carbocycles. The lowest BCUT2D eigenvalue weighted by molar-refractivity contribution is 0.478. The molecule has 0 aliphatic heterocycles. The zero-order chi connectivity index (χ0) is 15.6. The van der Waals surface area contributed by atoms with E-state index >= 15 is 0 Å². The third kappa shape index (κ3) is 2.98. The predicted octanol–water partition coefficient (Wildman–Crippen LogP) is 4.59. The smallest absolute Gasteiger partial charge is 0.164 e. The van der Waals surface area contributed by atoms with Crippen molar-refractivity contribution in [1.82, 2.24) is 5.32 Å². The van der Waals surface area contributed by atoms with Crippen LogP contribution in [-0.4, -0.2) is 6.54 Å². The Morgan fingerprint density at radius 1 is 0.905 bits per heavy atom. The van der Waals surface area contributed by atoms with Crippen molar-refractivity contribution >= 4 is 0 Å². The molecule has 0 saturated heterocycles. The highest BCUT2D eigenvalue weighted by Gasteiger charge is 2.22. The van der Waals surface area contributed by atoms with E-state index < -0.39 is 11.6 Å². The average Bonchev–Trinajstić information content (AvgIpc) is 2.46. The molecule has 0 aromatic heterocycles. The summed E-state index contributed by atoms with van der Waals surface area (Å²) < 4.78 is 28.2. The fourth-order valence-corrected chi connectivity index (χ4v) is 2.56. The summed E-state index contributed by atoms with van der Waals surface area (Å²) in [5.74, 6) is -1.53. The average molecular weight is 289 g/mol. The molecule has 1 atom stereocenters. The van der Waals surface area contributed by atoms with Gasteiger partial charge in [0.15, 0.2) is 11.6 Å². The first-order chi connectivity index (χ1) is 9.97. The summed E-state index contributed by atoms with van der Waals surface area (Å²) in [5.41, 5.74) is 3.91. The number of hydrogen-bond acceptors (Lipinski definition) is 1. The van der Waals surface area contributed by atoms with Gasteiger partial charge in [0.25, 0.3) is 0 Å². The molecule has 21 heavy (non-hydrogen) atoms. The quantitative estimate of drug-likeness (QED) is 0.868. The molecule has 0 bridgehead atoms. The van der Waals surface area contributed by atoms with Gasteiger partial charge >= 0.3 is 0 Å². The molecule has 1 nitrogen and oxygen atoms in total. The number of rotatable bonds is 4. The van der Waals surface area contributed by atoms with Gasteiger partial charge in [-0.2, -0.15) is 0 Å². The lowest BCUT2D eigenvalue weighted by Gasteiger charge is -2.23. The SMILES string of the molecule is CCNC(c1cccc(C)c1C)c1ccc(C)c(F)c1F. The van der Waals surface area contributed by atoms with Gasteiger partial charge in [0, 0.05) is 5.56 Å². The molecule has 1 unspecified atom stereocenters. The summed E-state index contributed by atoms with van der Waals surface area (Å²) >= 11 is 0. The first kappa shape index (κ1) is 15.6. The van der Waals surface area contributed by atoms with Gasteiger partial charge in [-0.3, -0.25) is 0 Å². The van der Waals surface area contributed by atoms with Gasteiger partial charge in [0.1, 0.15) is 0 Å². The molecule has 0 spiro atoms. The molecular weight excluding hydrogens is 268 g/mol. The molecule has 0 radical (unpaired) electrons. The molecule has 0 aliphatic rings. The van der Waals surface area contributed by atoms with Crippen LogP contribution in [0.15, 0.2) is 30.3 Å². The molecule has 2 rings (SSSR count). The topological polar surface area (TPSA) is 12.0 Å². The van der Waals surface area contributed by atoms with Gasteiger partial charge in [0.05, 0.1) is 6.04 Å². The van der Waals surface area contributed by atoms with E-state index in [-0.39, 0.29) is 6.04 Å². The maximum atomic E-state index is 14.3. The van der Waals surface area contributed by atoms with Crippen LogP contribution in [0.2, 0.25) is 0 Å². The number of benzene rings is 2. The summed E-state index contributed by atoms with van der Waals surface area (Å²) in [7, 11) is 0. The highest BCUT2D eigenvalue weighted by Crippen LogP contribution is 2.30. The Morgan fingerprint density at radius 3 is 2.29 bits per heavy atom. The van der Waals surface area contributed by atoms with Gasteiger partial charge in [-0.25, -0.2) is 8.78 Å². The first-order valence-electron chi connectivity index (χ1n) is 7.21. The molecule has 0 heterocycles. The Balaban J connectivity index is 2.59. The van der Waals surface area contributed by atoms with Crippen molar-refractivity contribution in [1.29, 1.82) is 0 Å². The van der Waals surface area contributed by atoms with Crippen LogP contribution in [0.4, 0.5) is 8.78 Å². The Bertz CT molecular complexity index is 650. The van der Waals surface area contributed by atoms with Crippen molar-refractivity contribution < 1.29 is 8.78 Å². The molecule has 2 aromatic rings. The summed E-state index contributed by atoms with van der Waals surface area (Å²) in [4.78, 5) is 0. The van der Waals surface area contributed by atoms with E-state index in [1.807, 2.05) is 39.0 Å². The second kappa shape index (κ2) is 6.35.